The first-order valence-electron chi connectivity index (χ1n) is 5.09. The molecule has 0 bridgehead atoms. The van der Waals surface area contributed by atoms with Gasteiger partial charge in [0.15, 0.2) is 0 Å². The molecule has 0 atom stereocenters. The van der Waals surface area contributed by atoms with Gasteiger partial charge in [0, 0.05) is 19.6 Å². The van der Waals surface area contributed by atoms with Gasteiger partial charge in [-0.05, 0) is 83.9 Å². The maximum atomic E-state index is 6.61. The molecule has 0 saturated carbocycles. The Morgan fingerprint density at radius 2 is 0.722 bits per heavy atom. The molecule has 0 saturated heterocycles. The van der Waals surface area contributed by atoms with Gasteiger partial charge in [0.05, 0.1) is 0 Å². The lowest BCUT2D eigenvalue weighted by Gasteiger charge is -2.42. The lowest BCUT2D eigenvalue weighted by atomic mass is 10.3. The monoisotopic (exact) mass is 356 g/mol. The summed E-state index contributed by atoms with van der Waals surface area (Å²) in [7, 11) is 22.3. The van der Waals surface area contributed by atoms with Gasteiger partial charge in [0.2, 0.25) is 0 Å². The third-order valence-electron chi connectivity index (χ3n) is 2.80. The topological polar surface area (TPSA) is 0 Å². The number of hydrogen-bond donors (Lipinski definition) is 0. The van der Waals surface area contributed by atoms with E-state index in [9.17, 15) is 0 Å². The van der Waals surface area contributed by atoms with Crippen molar-refractivity contribution in [3.8, 4) is 0 Å². The molecular formula is C12H8Cl4S2. The highest BCUT2D eigenvalue weighted by Gasteiger charge is 2.42. The van der Waals surface area contributed by atoms with Gasteiger partial charge in [0.1, 0.15) is 0 Å². The van der Waals surface area contributed by atoms with Crippen LogP contribution >= 0.6 is 59.6 Å². The van der Waals surface area contributed by atoms with Crippen LogP contribution < -0.4 is 0 Å². The van der Waals surface area contributed by atoms with Crippen molar-refractivity contribution in [2.75, 3.05) is 0 Å². The minimum atomic E-state index is -2.08. The molecule has 0 spiro atoms. The number of rotatable bonds is 0. The Labute approximate surface area is 127 Å². The number of benzene rings is 2. The Bertz CT molecular complexity index is 519. The van der Waals surface area contributed by atoms with E-state index in [0.717, 1.165) is 19.6 Å². The molecule has 1 aliphatic heterocycles. The van der Waals surface area contributed by atoms with Crippen LogP contribution in [-0.2, 0) is 0 Å². The fourth-order valence-electron chi connectivity index (χ4n) is 1.98. The van der Waals surface area contributed by atoms with Crippen molar-refractivity contribution in [2.45, 2.75) is 19.6 Å². The molecule has 0 aromatic heterocycles. The molecular weight excluding hydrogens is 350 g/mol. The van der Waals surface area contributed by atoms with E-state index in [1.165, 1.54) is 0 Å². The Balaban J connectivity index is 2.41. The standard InChI is InChI=1S/C12H8Cl4S2/c13-17(14)9-5-1-2-6-10(9)18(15,16)12-8-4-3-7-11(12)17/h1-8H. The van der Waals surface area contributed by atoms with Gasteiger partial charge in [0.25, 0.3) is 0 Å². The average Bonchev–Trinajstić information content (AvgIpc) is 2.37. The second kappa shape index (κ2) is 4.41. The third-order valence-corrected chi connectivity index (χ3v) is 10.7. The van der Waals surface area contributed by atoms with E-state index in [-0.39, 0.29) is 0 Å². The van der Waals surface area contributed by atoms with Gasteiger partial charge in [-0.3, -0.25) is 0 Å². The number of fused-ring (bicyclic) bond motifs is 2. The van der Waals surface area contributed by atoms with Crippen LogP contribution in [0.25, 0.3) is 0 Å². The normalized spacial score (nSPS) is 22.4. The molecule has 0 fully saturated rings. The maximum Gasteiger partial charge on any atom is 0.0359 e. The fourth-order valence-corrected chi connectivity index (χ4v) is 10.6. The Hall–Kier alpha value is 0.300. The predicted octanol–water partition coefficient (Wildman–Crippen LogP) is 7.06. The van der Waals surface area contributed by atoms with E-state index in [1.54, 1.807) is 0 Å². The summed E-state index contributed by atoms with van der Waals surface area (Å²) >= 11 is 0. The molecule has 0 amide bonds. The maximum absolute atomic E-state index is 6.61. The predicted molar refractivity (Wildman–Crippen MR) is 84.5 cm³/mol. The average molecular weight is 358 g/mol. The highest BCUT2D eigenvalue weighted by molar-refractivity contribution is 8.69. The summed E-state index contributed by atoms with van der Waals surface area (Å²) in [6.45, 7) is 0. The Kier molecular flexibility index (Phi) is 3.25. The summed E-state index contributed by atoms with van der Waals surface area (Å²) in [5.41, 5.74) is 0. The number of hydrogen-bond acceptors (Lipinski definition) is 0. The minimum Gasteiger partial charge on any atom is -0.0610 e. The van der Waals surface area contributed by atoms with Crippen LogP contribution in [0, 0.1) is 0 Å². The van der Waals surface area contributed by atoms with Crippen LogP contribution in [0.15, 0.2) is 68.1 Å². The fraction of sp³-hybridized carbons (Fsp3) is 0. The van der Waals surface area contributed by atoms with Crippen LogP contribution in [-0.4, -0.2) is 0 Å². The van der Waals surface area contributed by atoms with Crippen molar-refractivity contribution in [1.29, 1.82) is 0 Å². The van der Waals surface area contributed by atoms with Gasteiger partial charge in [-0.2, -0.15) is 0 Å². The highest BCUT2D eigenvalue weighted by Crippen LogP contribution is 2.86. The van der Waals surface area contributed by atoms with Gasteiger partial charge >= 0.3 is 0 Å². The van der Waals surface area contributed by atoms with Crippen LogP contribution in [0.3, 0.4) is 0 Å². The zero-order valence-electron chi connectivity index (χ0n) is 8.95. The van der Waals surface area contributed by atoms with E-state index >= 15 is 0 Å². The molecule has 1 heterocycles. The van der Waals surface area contributed by atoms with E-state index in [4.69, 9.17) is 42.7 Å². The van der Waals surface area contributed by atoms with Crippen molar-refractivity contribution in [2.24, 2.45) is 0 Å². The molecule has 96 valence electrons. The SMILES string of the molecule is ClS1(Cl)c2ccccc2S(Cl)(Cl)c2ccccc21. The van der Waals surface area contributed by atoms with Crippen LogP contribution in [0.2, 0.25) is 0 Å². The van der Waals surface area contributed by atoms with Gasteiger partial charge in [-0.1, -0.05) is 24.3 Å². The van der Waals surface area contributed by atoms with Gasteiger partial charge in [-0.25, -0.2) is 0 Å². The molecule has 3 rings (SSSR count). The Morgan fingerprint density at radius 3 is 0.944 bits per heavy atom. The summed E-state index contributed by atoms with van der Waals surface area (Å²) in [6, 6.07) is 15.3. The summed E-state index contributed by atoms with van der Waals surface area (Å²) < 4.78 is 0. The summed E-state index contributed by atoms with van der Waals surface area (Å²) in [5, 5.41) is 0. The molecule has 0 N–H and O–H groups in total. The molecule has 0 radical (unpaired) electrons. The van der Waals surface area contributed by atoms with Crippen LogP contribution in [0.5, 0.6) is 0 Å². The lowest BCUT2D eigenvalue weighted by molar-refractivity contribution is 1.14. The Morgan fingerprint density at radius 1 is 0.500 bits per heavy atom. The van der Waals surface area contributed by atoms with Crippen molar-refractivity contribution in [1.82, 2.24) is 0 Å². The summed E-state index contributed by atoms with van der Waals surface area (Å²) in [4.78, 5) is 3.41. The van der Waals surface area contributed by atoms with Crippen molar-refractivity contribution in [3.63, 3.8) is 0 Å². The second-order valence-corrected chi connectivity index (χ2v) is 14.0. The zero-order valence-corrected chi connectivity index (χ0v) is 13.6. The molecule has 2 aromatic rings. The molecule has 0 nitrogen and oxygen atoms in total. The summed E-state index contributed by atoms with van der Waals surface area (Å²) in [5.74, 6) is 0. The molecule has 18 heavy (non-hydrogen) atoms. The highest BCUT2D eigenvalue weighted by atomic mass is 36.0. The second-order valence-electron chi connectivity index (χ2n) is 3.83. The van der Waals surface area contributed by atoms with Crippen molar-refractivity contribution in [3.05, 3.63) is 48.5 Å². The van der Waals surface area contributed by atoms with Crippen molar-refractivity contribution >= 4 is 59.6 Å². The van der Waals surface area contributed by atoms with E-state index in [2.05, 4.69) is 0 Å². The third kappa shape index (κ3) is 1.78. The van der Waals surface area contributed by atoms with E-state index in [1.807, 2.05) is 48.5 Å². The molecule has 0 unspecified atom stereocenters. The summed E-state index contributed by atoms with van der Waals surface area (Å²) in [6.07, 6.45) is 0. The van der Waals surface area contributed by atoms with E-state index in [0.29, 0.717) is 0 Å². The van der Waals surface area contributed by atoms with Crippen molar-refractivity contribution < 1.29 is 0 Å². The molecule has 1 aliphatic rings. The lowest BCUT2D eigenvalue weighted by Crippen LogP contribution is -2.04. The molecule has 6 heteroatoms. The minimum absolute atomic E-state index is 0.854. The van der Waals surface area contributed by atoms with Gasteiger partial charge < -0.3 is 0 Å². The van der Waals surface area contributed by atoms with Crippen LogP contribution in [0.4, 0.5) is 0 Å². The van der Waals surface area contributed by atoms with Crippen LogP contribution in [0.1, 0.15) is 0 Å². The first-order chi connectivity index (χ1) is 8.45. The first-order valence-corrected chi connectivity index (χ1v) is 11.7. The number of halogens is 4. The van der Waals surface area contributed by atoms with E-state index < -0.39 is 16.9 Å². The largest absolute Gasteiger partial charge is 0.0610 e. The molecule has 2 aromatic carbocycles. The van der Waals surface area contributed by atoms with Gasteiger partial charge in [-0.15, -0.1) is 0 Å². The smallest absolute Gasteiger partial charge is 0.0359 e. The zero-order chi connectivity index (χ0) is 13.0. The first kappa shape index (κ1) is 13.3. The molecule has 0 aliphatic carbocycles. The quantitative estimate of drug-likeness (QED) is 0.473.